The number of hydrogen-bond donors (Lipinski definition) is 0. The van der Waals surface area contributed by atoms with Gasteiger partial charge in [-0.15, -0.1) is 0 Å². The number of carbonyl (C=O) groups excluding carboxylic acids is 3. The number of allylic oxidation sites excluding steroid dienone is 6. The fraction of sp³-hybridized carbons (Fsp3) is 0.839. The van der Waals surface area contributed by atoms with Crippen LogP contribution in [0.2, 0.25) is 0 Å². The molecule has 362 valence electrons. The molecule has 0 bridgehead atoms. The van der Waals surface area contributed by atoms with Gasteiger partial charge < -0.3 is 14.2 Å². The minimum Gasteiger partial charge on any atom is -0.462 e. The van der Waals surface area contributed by atoms with Gasteiger partial charge in [0.2, 0.25) is 0 Å². The van der Waals surface area contributed by atoms with Gasteiger partial charge in [-0.2, -0.15) is 0 Å². The summed E-state index contributed by atoms with van der Waals surface area (Å²) < 4.78 is 16.8. The Kier molecular flexibility index (Phi) is 49.3. The Morgan fingerprint density at radius 3 is 0.952 bits per heavy atom. The topological polar surface area (TPSA) is 78.9 Å². The second-order valence-electron chi connectivity index (χ2n) is 18.1. The molecule has 0 aliphatic heterocycles. The Bertz CT molecular complexity index is 1050. The molecular formula is C56H102O6. The molecule has 0 amide bonds. The van der Waals surface area contributed by atoms with Gasteiger partial charge in [0.15, 0.2) is 6.10 Å². The Morgan fingerprint density at radius 2 is 0.597 bits per heavy atom. The van der Waals surface area contributed by atoms with E-state index in [2.05, 4.69) is 57.2 Å². The summed E-state index contributed by atoms with van der Waals surface area (Å²) in [6.45, 7) is 6.60. The predicted molar refractivity (Wildman–Crippen MR) is 266 cm³/mol. The number of ether oxygens (including phenoxy) is 3. The Balaban J connectivity index is 4.32. The SMILES string of the molecule is CCCC/C=C\C/C=C\CCCCCCCC(=O)OC(COC(=O)CCCCCCCCCCC/C=C\CCCCCCCC)COC(=O)CCCCCCCCCCCCC. The number of unbranched alkanes of at least 4 members (excludes halogenated alkanes) is 32. The molecule has 0 aromatic heterocycles. The van der Waals surface area contributed by atoms with Gasteiger partial charge in [0.05, 0.1) is 0 Å². The first-order valence-electron chi connectivity index (χ1n) is 27.0. The van der Waals surface area contributed by atoms with Crippen LogP contribution in [-0.4, -0.2) is 37.2 Å². The van der Waals surface area contributed by atoms with E-state index >= 15 is 0 Å². The van der Waals surface area contributed by atoms with Crippen LogP contribution >= 0.6 is 0 Å². The molecule has 0 aromatic rings. The average Bonchev–Trinajstić information content (AvgIpc) is 3.27. The van der Waals surface area contributed by atoms with Gasteiger partial charge in [-0.1, -0.05) is 231 Å². The first-order chi connectivity index (χ1) is 30.5. The second kappa shape index (κ2) is 51.3. The molecule has 1 atom stereocenters. The van der Waals surface area contributed by atoms with Crippen molar-refractivity contribution in [2.75, 3.05) is 13.2 Å². The maximum Gasteiger partial charge on any atom is 0.306 e. The molecular weight excluding hydrogens is 769 g/mol. The van der Waals surface area contributed by atoms with E-state index in [1.54, 1.807) is 0 Å². The van der Waals surface area contributed by atoms with Crippen molar-refractivity contribution in [1.82, 2.24) is 0 Å². The van der Waals surface area contributed by atoms with Crippen molar-refractivity contribution in [3.05, 3.63) is 36.5 Å². The maximum atomic E-state index is 12.8. The third kappa shape index (κ3) is 48.7. The maximum absolute atomic E-state index is 12.8. The molecule has 0 aliphatic rings. The zero-order valence-corrected chi connectivity index (χ0v) is 41.4. The summed E-state index contributed by atoms with van der Waals surface area (Å²) in [5, 5.41) is 0. The molecule has 1 unspecified atom stereocenters. The van der Waals surface area contributed by atoms with Crippen LogP contribution in [0.25, 0.3) is 0 Å². The molecule has 0 spiro atoms. The number of esters is 3. The van der Waals surface area contributed by atoms with Crippen LogP contribution in [0.15, 0.2) is 36.5 Å². The first kappa shape index (κ1) is 59.6. The summed E-state index contributed by atoms with van der Waals surface area (Å²) in [5.74, 6) is -0.881. The fourth-order valence-electron chi connectivity index (χ4n) is 7.75. The molecule has 6 heteroatoms. The molecule has 0 N–H and O–H groups in total. The van der Waals surface area contributed by atoms with Crippen molar-refractivity contribution < 1.29 is 28.6 Å². The lowest BCUT2D eigenvalue weighted by molar-refractivity contribution is -0.167. The molecule has 0 saturated carbocycles. The minimum atomic E-state index is -0.776. The second-order valence-corrected chi connectivity index (χ2v) is 18.1. The van der Waals surface area contributed by atoms with Gasteiger partial charge >= 0.3 is 17.9 Å². The number of hydrogen-bond acceptors (Lipinski definition) is 6. The number of carbonyl (C=O) groups is 3. The summed E-state index contributed by atoms with van der Waals surface area (Å²) >= 11 is 0. The third-order valence-corrected chi connectivity index (χ3v) is 11.9. The minimum absolute atomic E-state index is 0.0755. The monoisotopic (exact) mass is 871 g/mol. The molecule has 6 nitrogen and oxygen atoms in total. The van der Waals surface area contributed by atoms with Crippen molar-refractivity contribution in [3.63, 3.8) is 0 Å². The summed E-state index contributed by atoms with van der Waals surface area (Å²) in [4.78, 5) is 38.0. The van der Waals surface area contributed by atoms with E-state index in [0.29, 0.717) is 19.3 Å². The van der Waals surface area contributed by atoms with Crippen molar-refractivity contribution in [1.29, 1.82) is 0 Å². The molecule has 0 fully saturated rings. The Morgan fingerprint density at radius 1 is 0.323 bits per heavy atom. The van der Waals surface area contributed by atoms with Crippen LogP contribution in [0.1, 0.15) is 284 Å². The molecule has 0 saturated heterocycles. The zero-order chi connectivity index (χ0) is 45.1. The van der Waals surface area contributed by atoms with E-state index < -0.39 is 6.10 Å². The van der Waals surface area contributed by atoms with E-state index in [0.717, 1.165) is 83.5 Å². The summed E-state index contributed by atoms with van der Waals surface area (Å²) in [6, 6.07) is 0. The highest BCUT2D eigenvalue weighted by Crippen LogP contribution is 2.15. The lowest BCUT2D eigenvalue weighted by Gasteiger charge is -2.18. The Labute approximate surface area is 385 Å². The summed E-state index contributed by atoms with van der Waals surface area (Å²) in [5.41, 5.74) is 0. The highest BCUT2D eigenvalue weighted by molar-refractivity contribution is 5.71. The van der Waals surface area contributed by atoms with E-state index in [-0.39, 0.29) is 31.1 Å². The molecule has 0 aliphatic carbocycles. The average molecular weight is 871 g/mol. The van der Waals surface area contributed by atoms with Crippen molar-refractivity contribution in [3.8, 4) is 0 Å². The van der Waals surface area contributed by atoms with E-state index in [1.165, 1.54) is 161 Å². The van der Waals surface area contributed by atoms with Gasteiger partial charge in [-0.05, 0) is 70.6 Å². The van der Waals surface area contributed by atoms with Crippen molar-refractivity contribution in [2.24, 2.45) is 0 Å². The molecule has 0 rings (SSSR count). The van der Waals surface area contributed by atoms with Gasteiger partial charge in [0, 0.05) is 19.3 Å². The highest BCUT2D eigenvalue weighted by Gasteiger charge is 2.19. The molecule has 0 radical (unpaired) electrons. The largest absolute Gasteiger partial charge is 0.462 e. The first-order valence-corrected chi connectivity index (χ1v) is 27.0. The molecule has 0 aromatic carbocycles. The van der Waals surface area contributed by atoms with Crippen molar-refractivity contribution >= 4 is 17.9 Å². The summed E-state index contributed by atoms with van der Waals surface area (Å²) in [6.07, 6.45) is 59.8. The fourth-order valence-corrected chi connectivity index (χ4v) is 7.75. The standard InChI is InChI=1S/C56H102O6/c1-4-7-10-13-16-19-22-24-26-27-28-29-30-32-34-37-40-43-46-49-55(58)61-52-53(51-60-54(57)48-45-42-39-36-33-21-18-15-12-9-6-3)62-56(59)50-47-44-41-38-35-31-25-23-20-17-14-11-8-5-2/h14,17,23-26,53H,4-13,15-16,18-22,27-52H2,1-3H3/b17-14-,25-23-,26-24-. The van der Waals surface area contributed by atoms with Crippen LogP contribution in [0.3, 0.4) is 0 Å². The van der Waals surface area contributed by atoms with Gasteiger partial charge in [-0.25, -0.2) is 0 Å². The predicted octanol–water partition coefficient (Wildman–Crippen LogP) is 17.7. The van der Waals surface area contributed by atoms with Crippen molar-refractivity contribution in [2.45, 2.75) is 290 Å². The number of rotatable bonds is 49. The smallest absolute Gasteiger partial charge is 0.306 e. The van der Waals surface area contributed by atoms with Crippen LogP contribution in [0, 0.1) is 0 Å². The van der Waals surface area contributed by atoms with Gasteiger partial charge in [0.25, 0.3) is 0 Å². The van der Waals surface area contributed by atoms with Crippen LogP contribution in [0.4, 0.5) is 0 Å². The molecule has 62 heavy (non-hydrogen) atoms. The van der Waals surface area contributed by atoms with E-state index in [4.69, 9.17) is 14.2 Å². The van der Waals surface area contributed by atoms with Crippen LogP contribution in [-0.2, 0) is 28.6 Å². The van der Waals surface area contributed by atoms with E-state index in [9.17, 15) is 14.4 Å². The third-order valence-electron chi connectivity index (χ3n) is 11.9. The van der Waals surface area contributed by atoms with E-state index in [1.807, 2.05) is 0 Å². The van der Waals surface area contributed by atoms with Gasteiger partial charge in [-0.3, -0.25) is 14.4 Å². The van der Waals surface area contributed by atoms with Gasteiger partial charge in [0.1, 0.15) is 13.2 Å². The highest BCUT2D eigenvalue weighted by atomic mass is 16.6. The molecule has 0 heterocycles. The van der Waals surface area contributed by atoms with Crippen LogP contribution in [0.5, 0.6) is 0 Å². The normalized spacial score (nSPS) is 12.2. The summed E-state index contributed by atoms with van der Waals surface area (Å²) in [7, 11) is 0. The quantitative estimate of drug-likeness (QED) is 0.0262. The zero-order valence-electron chi connectivity index (χ0n) is 41.4. The Hall–Kier alpha value is -2.37. The lowest BCUT2D eigenvalue weighted by Crippen LogP contribution is -2.30. The lowest BCUT2D eigenvalue weighted by atomic mass is 10.1. The van der Waals surface area contributed by atoms with Crippen LogP contribution < -0.4 is 0 Å².